The lowest BCUT2D eigenvalue weighted by molar-refractivity contribution is -0.229. The average Bonchev–Trinajstić information content (AvgIpc) is 3.36. The third-order valence-electron chi connectivity index (χ3n) is 8.97. The number of ether oxygens (including phenoxy) is 3. The molecule has 0 unspecified atom stereocenters. The Bertz CT molecular complexity index is 1070. The molecule has 3 heterocycles. The zero-order valence-electron chi connectivity index (χ0n) is 21.2. The number of methoxy groups -OCH3 is 2. The van der Waals surface area contributed by atoms with E-state index in [1.807, 2.05) is 24.1 Å². The summed E-state index contributed by atoms with van der Waals surface area (Å²) in [6, 6.07) is 5.28. The van der Waals surface area contributed by atoms with Crippen molar-refractivity contribution in [3.8, 4) is 5.75 Å². The SMILES string of the molecule is CCCC[C@]12C=CCN3CC[C@]4(c5ccc(OC)cc5N(C)[C@@H]4[C@](O)(C(=O)OC)[C@@H]1OC(C)=O)[C@@H]32. The van der Waals surface area contributed by atoms with E-state index < -0.39 is 40.5 Å². The summed E-state index contributed by atoms with van der Waals surface area (Å²) in [6.07, 6.45) is 6.40. The van der Waals surface area contributed by atoms with Crippen molar-refractivity contribution in [3.63, 3.8) is 0 Å². The second kappa shape index (κ2) is 8.23. The van der Waals surface area contributed by atoms with E-state index in [0.29, 0.717) is 12.2 Å². The van der Waals surface area contributed by atoms with Crippen LogP contribution in [0.3, 0.4) is 0 Å². The van der Waals surface area contributed by atoms with Gasteiger partial charge in [-0.05, 0) is 31.0 Å². The van der Waals surface area contributed by atoms with Gasteiger partial charge in [0.25, 0.3) is 0 Å². The summed E-state index contributed by atoms with van der Waals surface area (Å²) < 4.78 is 16.8. The number of carbonyl (C=O) groups excluding carboxylic acids is 2. The van der Waals surface area contributed by atoms with Crippen molar-refractivity contribution < 1.29 is 28.9 Å². The Hall–Kier alpha value is -2.58. The Labute approximate surface area is 206 Å². The van der Waals surface area contributed by atoms with E-state index in [0.717, 1.165) is 43.6 Å². The van der Waals surface area contributed by atoms with Gasteiger partial charge in [0.15, 0.2) is 6.10 Å². The first-order chi connectivity index (χ1) is 16.7. The number of hydrogen-bond donors (Lipinski definition) is 1. The molecule has 0 radical (unpaired) electrons. The molecule has 1 aliphatic carbocycles. The van der Waals surface area contributed by atoms with Gasteiger partial charge in [-0.15, -0.1) is 0 Å². The Balaban J connectivity index is 1.85. The van der Waals surface area contributed by atoms with E-state index in [1.165, 1.54) is 14.0 Å². The number of anilines is 1. The maximum atomic E-state index is 13.7. The van der Waals surface area contributed by atoms with Gasteiger partial charge in [0.2, 0.25) is 5.60 Å². The van der Waals surface area contributed by atoms with Gasteiger partial charge in [-0.3, -0.25) is 9.69 Å². The van der Waals surface area contributed by atoms with Crippen molar-refractivity contribution in [2.75, 3.05) is 39.3 Å². The maximum Gasteiger partial charge on any atom is 0.344 e. The van der Waals surface area contributed by atoms with Gasteiger partial charge in [0.05, 0.1) is 20.3 Å². The molecule has 1 aromatic carbocycles. The number of fused-ring (bicyclic) bond motifs is 1. The van der Waals surface area contributed by atoms with Gasteiger partial charge >= 0.3 is 11.9 Å². The summed E-state index contributed by atoms with van der Waals surface area (Å²) in [4.78, 5) is 30.6. The first kappa shape index (κ1) is 24.1. The minimum Gasteiger partial charge on any atom is -0.497 e. The van der Waals surface area contributed by atoms with Gasteiger partial charge in [-0.25, -0.2) is 4.79 Å². The molecule has 190 valence electrons. The third kappa shape index (κ3) is 2.93. The molecule has 3 aliphatic heterocycles. The Morgan fingerprint density at radius 3 is 2.66 bits per heavy atom. The minimum absolute atomic E-state index is 0.0528. The van der Waals surface area contributed by atoms with E-state index in [-0.39, 0.29) is 6.04 Å². The lowest BCUT2D eigenvalue weighted by Crippen LogP contribution is -2.81. The van der Waals surface area contributed by atoms with E-state index in [9.17, 15) is 14.7 Å². The number of benzene rings is 1. The molecule has 8 heteroatoms. The summed E-state index contributed by atoms with van der Waals surface area (Å²) in [5.74, 6) is -0.588. The summed E-state index contributed by atoms with van der Waals surface area (Å²) in [7, 11) is 4.81. The molecule has 1 spiro atoms. The Kier molecular flexibility index (Phi) is 5.68. The maximum absolute atomic E-state index is 13.7. The van der Waals surface area contributed by atoms with Crippen LogP contribution < -0.4 is 9.64 Å². The fraction of sp³-hybridized carbons (Fsp3) is 0.630. The molecule has 4 aliphatic rings. The Morgan fingerprint density at radius 1 is 1.23 bits per heavy atom. The molecule has 0 bridgehead atoms. The van der Waals surface area contributed by atoms with Gasteiger partial charge < -0.3 is 24.2 Å². The predicted molar refractivity (Wildman–Crippen MR) is 130 cm³/mol. The lowest BCUT2D eigenvalue weighted by atomic mass is 9.47. The van der Waals surface area contributed by atoms with Crippen LogP contribution in [0.2, 0.25) is 0 Å². The molecule has 35 heavy (non-hydrogen) atoms. The molecule has 2 fully saturated rings. The Morgan fingerprint density at radius 2 is 2.00 bits per heavy atom. The lowest BCUT2D eigenvalue weighted by Gasteiger charge is -2.63. The fourth-order valence-corrected chi connectivity index (χ4v) is 8.01. The van der Waals surface area contributed by atoms with Crippen molar-refractivity contribution in [1.29, 1.82) is 0 Å². The zero-order chi connectivity index (χ0) is 25.2. The topological polar surface area (TPSA) is 88.5 Å². The summed E-state index contributed by atoms with van der Waals surface area (Å²) in [6.45, 7) is 5.06. The number of rotatable bonds is 6. The molecular formula is C27H36N2O6. The quantitative estimate of drug-likeness (QED) is 0.487. The molecule has 1 saturated carbocycles. The van der Waals surface area contributed by atoms with Crippen molar-refractivity contribution in [2.24, 2.45) is 5.41 Å². The molecule has 1 aromatic rings. The van der Waals surface area contributed by atoms with Crippen molar-refractivity contribution in [2.45, 2.75) is 68.7 Å². The number of unbranched alkanes of at least 4 members (excludes halogenated alkanes) is 1. The van der Waals surface area contributed by atoms with E-state index >= 15 is 0 Å². The molecule has 1 N–H and O–H groups in total. The molecular weight excluding hydrogens is 448 g/mol. The van der Waals surface area contributed by atoms with Gasteiger partial charge in [0.1, 0.15) is 5.75 Å². The van der Waals surface area contributed by atoms with Crippen LogP contribution in [0.15, 0.2) is 30.4 Å². The molecule has 8 nitrogen and oxygen atoms in total. The summed E-state index contributed by atoms with van der Waals surface area (Å²) in [5.41, 5.74) is -1.38. The summed E-state index contributed by atoms with van der Waals surface area (Å²) >= 11 is 0. The van der Waals surface area contributed by atoms with Crippen LogP contribution in [-0.4, -0.2) is 80.1 Å². The molecule has 5 rings (SSSR count). The van der Waals surface area contributed by atoms with E-state index in [1.54, 1.807) is 7.11 Å². The van der Waals surface area contributed by atoms with E-state index in [4.69, 9.17) is 14.2 Å². The van der Waals surface area contributed by atoms with Crippen LogP contribution in [0.4, 0.5) is 5.69 Å². The monoisotopic (exact) mass is 484 g/mol. The van der Waals surface area contributed by atoms with E-state index in [2.05, 4.69) is 30.0 Å². The first-order valence-electron chi connectivity index (χ1n) is 12.5. The molecule has 6 atom stereocenters. The number of nitrogens with zero attached hydrogens (tertiary/aromatic N) is 2. The van der Waals surface area contributed by atoms with Crippen LogP contribution in [0.5, 0.6) is 5.75 Å². The van der Waals surface area contributed by atoms with Gasteiger partial charge in [-0.2, -0.15) is 0 Å². The highest BCUT2D eigenvalue weighted by Crippen LogP contribution is 2.67. The highest BCUT2D eigenvalue weighted by atomic mass is 16.6. The van der Waals surface area contributed by atoms with Crippen LogP contribution in [0.1, 0.15) is 45.1 Å². The number of carbonyl (C=O) groups is 2. The van der Waals surface area contributed by atoms with Crippen molar-refractivity contribution >= 4 is 17.6 Å². The highest BCUT2D eigenvalue weighted by Gasteiger charge is 2.80. The molecule has 1 saturated heterocycles. The summed E-state index contributed by atoms with van der Waals surface area (Å²) in [5, 5.41) is 12.6. The van der Waals surface area contributed by atoms with Gasteiger partial charge in [-0.1, -0.05) is 38.0 Å². The van der Waals surface area contributed by atoms with Crippen LogP contribution in [-0.2, 0) is 24.5 Å². The van der Waals surface area contributed by atoms with Gasteiger partial charge in [0, 0.05) is 49.1 Å². The normalized spacial score (nSPS) is 36.9. The van der Waals surface area contributed by atoms with Crippen LogP contribution in [0, 0.1) is 5.41 Å². The third-order valence-corrected chi connectivity index (χ3v) is 8.97. The molecule has 0 amide bonds. The predicted octanol–water partition coefficient (Wildman–Crippen LogP) is 2.42. The number of hydrogen-bond acceptors (Lipinski definition) is 8. The van der Waals surface area contributed by atoms with Crippen molar-refractivity contribution in [3.05, 3.63) is 35.9 Å². The van der Waals surface area contributed by atoms with Crippen molar-refractivity contribution in [1.82, 2.24) is 4.90 Å². The van der Waals surface area contributed by atoms with Crippen LogP contribution >= 0.6 is 0 Å². The second-order valence-corrected chi connectivity index (χ2v) is 10.5. The average molecular weight is 485 g/mol. The largest absolute Gasteiger partial charge is 0.497 e. The number of aliphatic hydroxyl groups is 1. The fourth-order valence-electron chi connectivity index (χ4n) is 8.01. The second-order valence-electron chi connectivity index (χ2n) is 10.5. The minimum atomic E-state index is -2.08. The highest BCUT2D eigenvalue weighted by molar-refractivity contribution is 5.87. The number of esters is 2. The number of likely N-dealkylation sites (N-methyl/N-ethyl adjacent to an activating group) is 1. The van der Waals surface area contributed by atoms with Crippen LogP contribution in [0.25, 0.3) is 0 Å². The first-order valence-corrected chi connectivity index (χ1v) is 12.5. The zero-order valence-corrected chi connectivity index (χ0v) is 21.2. The smallest absolute Gasteiger partial charge is 0.344 e. The standard InChI is InChI=1S/C27H36N2O6/c1-6-7-11-25-12-8-14-29-15-13-26(21(25)29)19-10-9-18(33-4)16-20(19)28(3)22(26)27(32,24(31)34-5)23(25)35-17(2)30/h8-10,12,16,21-23,32H,6-7,11,13-15H2,1-5H3/t21-,22-,23+,25+,26-,27+/m0/s1. The molecule has 0 aromatic heterocycles.